The summed E-state index contributed by atoms with van der Waals surface area (Å²) in [7, 11) is 0. The molecule has 2 aliphatic rings. The molecule has 45 heavy (non-hydrogen) atoms. The number of aliphatic hydroxyl groups excluding tert-OH is 3. The molecule has 3 aromatic carbocycles. The van der Waals surface area contributed by atoms with Gasteiger partial charge in [0.15, 0.2) is 34.9 Å². The fourth-order valence-electron chi connectivity index (χ4n) is 4.65. The Morgan fingerprint density at radius 2 is 1.51 bits per heavy atom. The number of aromatic hydroxyl groups is 7. The van der Waals surface area contributed by atoms with Crippen LogP contribution in [0.3, 0.4) is 0 Å². The van der Waals surface area contributed by atoms with Gasteiger partial charge in [0.25, 0.3) is 0 Å². The van der Waals surface area contributed by atoms with Crippen LogP contribution in [0.1, 0.15) is 22.8 Å². The Balaban J connectivity index is 1.37. The Labute approximate surface area is 253 Å². The molecule has 0 aromatic heterocycles. The normalized spacial score (nSPS) is 24.4. The van der Waals surface area contributed by atoms with Crippen molar-refractivity contribution < 1.29 is 74.8 Å². The standard InChI is InChI=1S/C30H28O15/c31-14-8-17(33)15-10-22(29(43-21(15)9-14)13-6-19(35)25(38)20(36)7-13)44-30-28(41)27(40)26(39)23(45-30)11-42-24(37)4-2-12-1-3-16(32)18(34)5-12/h1-10,23,26-36,38-41H,11H2. The largest absolute Gasteiger partial charge is 0.508 e. The summed E-state index contributed by atoms with van der Waals surface area (Å²) in [6.45, 7) is -0.615. The molecule has 238 valence electrons. The zero-order chi connectivity index (χ0) is 32.6. The summed E-state index contributed by atoms with van der Waals surface area (Å²) >= 11 is 0. The summed E-state index contributed by atoms with van der Waals surface area (Å²) in [5.41, 5.74) is 0.392. The summed E-state index contributed by atoms with van der Waals surface area (Å²) in [5.74, 6) is -4.94. The van der Waals surface area contributed by atoms with E-state index in [0.29, 0.717) is 5.56 Å². The summed E-state index contributed by atoms with van der Waals surface area (Å²) < 4.78 is 22.5. The van der Waals surface area contributed by atoms with E-state index in [0.717, 1.165) is 24.3 Å². The molecule has 5 rings (SSSR count). The van der Waals surface area contributed by atoms with Crippen LogP contribution in [0.5, 0.6) is 46.0 Å². The average Bonchev–Trinajstić information content (AvgIpc) is 2.99. The van der Waals surface area contributed by atoms with Crippen molar-refractivity contribution in [2.24, 2.45) is 0 Å². The highest BCUT2D eigenvalue weighted by Crippen LogP contribution is 2.47. The summed E-state index contributed by atoms with van der Waals surface area (Å²) in [5, 5.41) is 101. The number of hydrogen-bond acceptors (Lipinski definition) is 15. The molecule has 0 radical (unpaired) electrons. The van der Waals surface area contributed by atoms with Crippen LogP contribution in [0.2, 0.25) is 0 Å². The first-order valence-corrected chi connectivity index (χ1v) is 13.2. The lowest BCUT2D eigenvalue weighted by molar-refractivity contribution is -0.294. The minimum atomic E-state index is -1.87. The lowest BCUT2D eigenvalue weighted by Gasteiger charge is -2.41. The van der Waals surface area contributed by atoms with Crippen LogP contribution in [0, 0.1) is 0 Å². The Morgan fingerprint density at radius 1 is 0.800 bits per heavy atom. The van der Waals surface area contributed by atoms with Gasteiger partial charge in [0.2, 0.25) is 6.29 Å². The predicted octanol–water partition coefficient (Wildman–Crippen LogP) is 1.18. The molecule has 3 aromatic rings. The fraction of sp³-hybridized carbons (Fsp3) is 0.233. The Hall–Kier alpha value is -5.35. The van der Waals surface area contributed by atoms with Gasteiger partial charge in [-0.1, -0.05) is 6.07 Å². The van der Waals surface area contributed by atoms with Crippen LogP contribution in [-0.4, -0.2) is 94.3 Å². The van der Waals surface area contributed by atoms with E-state index >= 15 is 0 Å². The lowest BCUT2D eigenvalue weighted by atomic mass is 9.98. The van der Waals surface area contributed by atoms with Crippen LogP contribution >= 0.6 is 0 Å². The van der Waals surface area contributed by atoms with Gasteiger partial charge >= 0.3 is 5.97 Å². The van der Waals surface area contributed by atoms with Gasteiger partial charge in [-0.3, -0.25) is 0 Å². The van der Waals surface area contributed by atoms with Crippen LogP contribution in [-0.2, 0) is 19.0 Å². The number of carbonyl (C=O) groups is 1. The number of phenols is 7. The molecule has 0 amide bonds. The number of ether oxygens (including phenoxy) is 4. The first-order chi connectivity index (χ1) is 21.3. The maximum Gasteiger partial charge on any atom is 0.330 e. The van der Waals surface area contributed by atoms with Crippen molar-refractivity contribution in [1.82, 2.24) is 0 Å². The molecule has 0 aliphatic carbocycles. The molecule has 2 heterocycles. The van der Waals surface area contributed by atoms with Gasteiger partial charge in [-0.15, -0.1) is 0 Å². The Kier molecular flexibility index (Phi) is 8.52. The second-order valence-electron chi connectivity index (χ2n) is 10.2. The smallest absolute Gasteiger partial charge is 0.330 e. The van der Waals surface area contributed by atoms with E-state index < -0.39 is 78.1 Å². The van der Waals surface area contributed by atoms with Crippen molar-refractivity contribution in [3.05, 3.63) is 71.0 Å². The topological polar surface area (TPSA) is 256 Å². The van der Waals surface area contributed by atoms with Gasteiger partial charge in [0.05, 0.1) is 5.56 Å². The highest BCUT2D eigenvalue weighted by Gasteiger charge is 2.46. The van der Waals surface area contributed by atoms with Gasteiger partial charge < -0.3 is 70.0 Å². The number of rotatable bonds is 7. The third-order valence-electron chi connectivity index (χ3n) is 7.01. The van der Waals surface area contributed by atoms with Gasteiger partial charge in [0, 0.05) is 23.8 Å². The molecule has 1 saturated heterocycles. The van der Waals surface area contributed by atoms with E-state index in [9.17, 15) is 55.9 Å². The van der Waals surface area contributed by atoms with Gasteiger partial charge in [-0.2, -0.15) is 0 Å². The maximum absolute atomic E-state index is 12.3. The molecule has 15 heteroatoms. The van der Waals surface area contributed by atoms with Crippen LogP contribution in [0.15, 0.2) is 54.3 Å². The van der Waals surface area contributed by atoms with E-state index in [1.807, 2.05) is 0 Å². The summed E-state index contributed by atoms with van der Waals surface area (Å²) in [6.07, 6.45) is -6.45. The van der Waals surface area contributed by atoms with Crippen molar-refractivity contribution >= 4 is 18.1 Å². The number of benzene rings is 3. The Morgan fingerprint density at radius 3 is 2.20 bits per heavy atom. The first-order valence-electron chi connectivity index (χ1n) is 13.2. The van der Waals surface area contributed by atoms with Crippen molar-refractivity contribution in [2.75, 3.05) is 6.61 Å². The minimum Gasteiger partial charge on any atom is -0.508 e. The zero-order valence-corrected chi connectivity index (χ0v) is 23.0. The van der Waals surface area contributed by atoms with Gasteiger partial charge in [-0.05, 0) is 42.0 Å². The van der Waals surface area contributed by atoms with Gasteiger partial charge in [-0.25, -0.2) is 4.79 Å². The van der Waals surface area contributed by atoms with Crippen molar-refractivity contribution in [2.45, 2.75) is 36.8 Å². The quantitative estimate of drug-likeness (QED) is 0.100. The first kappa shape index (κ1) is 31.1. The van der Waals surface area contributed by atoms with E-state index in [1.165, 1.54) is 36.4 Å². The van der Waals surface area contributed by atoms with Crippen molar-refractivity contribution in [3.63, 3.8) is 0 Å². The average molecular weight is 629 g/mol. The molecule has 10 N–H and O–H groups in total. The number of aliphatic hydroxyl groups is 3. The SMILES string of the molecule is O=C(C=Cc1ccc(O)c(O)c1)OCC1OC(OC2=Cc3c(O)cc(O)cc3OC2c2cc(O)c(O)c(O)c2)C(O)C(O)C1O. The van der Waals surface area contributed by atoms with E-state index in [1.54, 1.807) is 0 Å². The highest BCUT2D eigenvalue weighted by molar-refractivity contribution is 5.87. The molecule has 0 saturated carbocycles. The third-order valence-corrected chi connectivity index (χ3v) is 7.01. The lowest BCUT2D eigenvalue weighted by Crippen LogP contribution is -2.59. The fourth-order valence-corrected chi connectivity index (χ4v) is 4.65. The van der Waals surface area contributed by atoms with Crippen LogP contribution < -0.4 is 4.74 Å². The second kappa shape index (κ2) is 12.3. The number of phenolic OH excluding ortho intramolecular Hbond substituents is 7. The van der Waals surface area contributed by atoms with E-state index in [-0.39, 0.29) is 34.1 Å². The Bertz CT molecular complexity index is 1640. The molecule has 6 atom stereocenters. The van der Waals surface area contributed by atoms with Crippen molar-refractivity contribution in [1.29, 1.82) is 0 Å². The summed E-state index contributed by atoms with van der Waals surface area (Å²) in [4.78, 5) is 12.3. The molecule has 1 fully saturated rings. The maximum atomic E-state index is 12.3. The van der Waals surface area contributed by atoms with Crippen LogP contribution in [0.25, 0.3) is 12.2 Å². The van der Waals surface area contributed by atoms with Crippen LogP contribution in [0.4, 0.5) is 0 Å². The molecular weight excluding hydrogens is 600 g/mol. The monoisotopic (exact) mass is 628 g/mol. The molecule has 15 nitrogen and oxygen atoms in total. The third kappa shape index (κ3) is 6.46. The molecule has 6 unspecified atom stereocenters. The number of fused-ring (bicyclic) bond motifs is 1. The second-order valence-corrected chi connectivity index (χ2v) is 10.2. The zero-order valence-electron chi connectivity index (χ0n) is 23.0. The van der Waals surface area contributed by atoms with Crippen molar-refractivity contribution in [3.8, 4) is 46.0 Å². The van der Waals surface area contributed by atoms with E-state index in [4.69, 9.17) is 18.9 Å². The molecule has 0 spiro atoms. The van der Waals surface area contributed by atoms with Gasteiger partial charge in [0.1, 0.15) is 54.0 Å². The summed E-state index contributed by atoms with van der Waals surface area (Å²) in [6, 6.07) is 8.10. The minimum absolute atomic E-state index is 0.00706. The number of hydrogen-bond donors (Lipinski definition) is 10. The number of carbonyl (C=O) groups excluding carboxylic acids is 1. The van der Waals surface area contributed by atoms with E-state index in [2.05, 4.69) is 0 Å². The highest BCUT2D eigenvalue weighted by atomic mass is 16.7. The molecular formula is C30H28O15. The number of esters is 1. The molecule has 2 aliphatic heterocycles. The predicted molar refractivity (Wildman–Crippen MR) is 150 cm³/mol. The molecule has 0 bridgehead atoms.